The maximum absolute atomic E-state index is 13.0. The lowest BCUT2D eigenvalue weighted by molar-refractivity contribution is -0.121. The normalized spacial score (nSPS) is 24.2. The number of rotatable bonds is 5. The summed E-state index contributed by atoms with van der Waals surface area (Å²) < 4.78 is 18.6. The van der Waals surface area contributed by atoms with Crippen molar-refractivity contribution in [1.82, 2.24) is 15.5 Å². The number of halogens is 1. The summed E-state index contributed by atoms with van der Waals surface area (Å²) in [6, 6.07) is 6.08. The maximum Gasteiger partial charge on any atom is 0.277 e. The predicted molar refractivity (Wildman–Crippen MR) is 99.1 cm³/mol. The first-order valence-electron chi connectivity index (χ1n) is 9.00. The van der Waals surface area contributed by atoms with Crippen LogP contribution in [0.25, 0.3) is 11.5 Å². The van der Waals surface area contributed by atoms with E-state index in [0.29, 0.717) is 28.5 Å². The molecule has 1 aliphatic carbocycles. The monoisotopic (exact) mass is 377 g/mol. The van der Waals surface area contributed by atoms with Gasteiger partial charge in [-0.25, -0.2) is 4.39 Å². The fourth-order valence-electron chi connectivity index (χ4n) is 3.26. The molecule has 1 heterocycles. The average Bonchev–Trinajstić information content (AvgIpc) is 3.08. The van der Waals surface area contributed by atoms with E-state index in [2.05, 4.69) is 29.4 Å². The largest absolute Gasteiger partial charge is 0.411 e. The number of nitrogens with one attached hydrogen (secondary N) is 1. The summed E-state index contributed by atoms with van der Waals surface area (Å²) in [5.41, 5.74) is 0.646. The number of carbonyl (C=O) groups is 1. The highest BCUT2D eigenvalue weighted by atomic mass is 32.2. The smallest absolute Gasteiger partial charge is 0.277 e. The zero-order valence-corrected chi connectivity index (χ0v) is 16.1. The quantitative estimate of drug-likeness (QED) is 0.787. The van der Waals surface area contributed by atoms with E-state index >= 15 is 0 Å². The van der Waals surface area contributed by atoms with E-state index in [0.717, 1.165) is 12.8 Å². The Bertz CT molecular complexity index is 749. The maximum atomic E-state index is 13.0. The highest BCUT2D eigenvalue weighted by molar-refractivity contribution is 8.00. The molecule has 0 radical (unpaired) electrons. The van der Waals surface area contributed by atoms with Crippen molar-refractivity contribution >= 4 is 17.7 Å². The summed E-state index contributed by atoms with van der Waals surface area (Å²) in [5.74, 6) is 1.10. The van der Waals surface area contributed by atoms with Crippen LogP contribution >= 0.6 is 11.8 Å². The van der Waals surface area contributed by atoms with Crippen LogP contribution in [0.5, 0.6) is 0 Å². The second kappa shape index (κ2) is 8.20. The zero-order valence-electron chi connectivity index (χ0n) is 15.2. The van der Waals surface area contributed by atoms with Gasteiger partial charge in [-0.2, -0.15) is 0 Å². The van der Waals surface area contributed by atoms with E-state index in [1.54, 1.807) is 12.1 Å². The molecule has 0 bridgehead atoms. The molecule has 140 valence electrons. The van der Waals surface area contributed by atoms with Gasteiger partial charge in [0.15, 0.2) is 0 Å². The number of aromatic nitrogens is 2. The van der Waals surface area contributed by atoms with Gasteiger partial charge in [0.05, 0.1) is 5.25 Å². The summed E-state index contributed by atoms with van der Waals surface area (Å²) in [6.45, 7) is 6.29. The Morgan fingerprint density at radius 1 is 1.27 bits per heavy atom. The number of amides is 1. The van der Waals surface area contributed by atoms with Crippen LogP contribution in [0.15, 0.2) is 33.9 Å². The number of benzene rings is 1. The van der Waals surface area contributed by atoms with Gasteiger partial charge < -0.3 is 9.73 Å². The van der Waals surface area contributed by atoms with Gasteiger partial charge in [0.1, 0.15) is 5.82 Å². The molecule has 2 aromatic rings. The van der Waals surface area contributed by atoms with Crippen molar-refractivity contribution < 1.29 is 13.6 Å². The van der Waals surface area contributed by atoms with Gasteiger partial charge >= 0.3 is 0 Å². The molecule has 5 nitrogen and oxygen atoms in total. The van der Waals surface area contributed by atoms with Crippen LogP contribution in [0.2, 0.25) is 0 Å². The van der Waals surface area contributed by atoms with Gasteiger partial charge in [0.25, 0.3) is 5.22 Å². The molecule has 1 aromatic carbocycles. The Balaban J connectivity index is 1.58. The number of thioether (sulfide) groups is 1. The third kappa shape index (κ3) is 4.44. The van der Waals surface area contributed by atoms with Crippen molar-refractivity contribution in [3.8, 4) is 11.5 Å². The number of hydrogen-bond donors (Lipinski definition) is 1. The van der Waals surface area contributed by atoms with Crippen LogP contribution < -0.4 is 5.32 Å². The third-order valence-corrected chi connectivity index (χ3v) is 6.11. The van der Waals surface area contributed by atoms with E-state index in [-0.39, 0.29) is 23.0 Å². The van der Waals surface area contributed by atoms with E-state index < -0.39 is 0 Å². The van der Waals surface area contributed by atoms with Crippen LogP contribution in [-0.2, 0) is 4.79 Å². The topological polar surface area (TPSA) is 68.0 Å². The summed E-state index contributed by atoms with van der Waals surface area (Å²) in [7, 11) is 0. The molecule has 0 unspecified atom stereocenters. The van der Waals surface area contributed by atoms with Crippen LogP contribution in [0.1, 0.15) is 40.0 Å². The molecular formula is C19H24FN3O2S. The fourth-order valence-corrected chi connectivity index (χ4v) is 3.95. The van der Waals surface area contributed by atoms with Crippen molar-refractivity contribution in [3.63, 3.8) is 0 Å². The average molecular weight is 377 g/mol. The summed E-state index contributed by atoms with van der Waals surface area (Å²) in [6.07, 6.45) is 3.42. The lowest BCUT2D eigenvalue weighted by atomic mass is 9.78. The van der Waals surface area contributed by atoms with Crippen molar-refractivity contribution in [3.05, 3.63) is 30.1 Å². The van der Waals surface area contributed by atoms with Crippen molar-refractivity contribution in [2.24, 2.45) is 11.8 Å². The first kappa shape index (κ1) is 18.9. The van der Waals surface area contributed by atoms with Crippen LogP contribution in [0.4, 0.5) is 4.39 Å². The molecule has 1 aliphatic rings. The highest BCUT2D eigenvalue weighted by Crippen LogP contribution is 2.30. The van der Waals surface area contributed by atoms with Gasteiger partial charge in [-0.15, -0.1) is 10.2 Å². The molecule has 1 aromatic heterocycles. The van der Waals surface area contributed by atoms with Crippen LogP contribution in [0.3, 0.4) is 0 Å². The van der Waals surface area contributed by atoms with E-state index in [4.69, 9.17) is 4.42 Å². The molecule has 26 heavy (non-hydrogen) atoms. The van der Waals surface area contributed by atoms with E-state index in [1.165, 1.54) is 30.3 Å². The number of hydrogen-bond acceptors (Lipinski definition) is 5. The SMILES string of the molecule is C[C@H]1[C@@H](C)CCC[C@H]1NC(=O)[C@H](C)Sc1nnc(-c2ccc(F)cc2)o1. The van der Waals surface area contributed by atoms with Gasteiger partial charge in [-0.3, -0.25) is 4.79 Å². The Labute approximate surface area is 157 Å². The van der Waals surface area contributed by atoms with Gasteiger partial charge in [0.2, 0.25) is 11.8 Å². The van der Waals surface area contributed by atoms with Gasteiger partial charge in [-0.05, 0) is 49.4 Å². The Kier molecular flexibility index (Phi) is 5.96. The standard InChI is InChI=1S/C19H24FN3O2S/c1-11-5-4-6-16(12(11)2)21-17(24)13(3)26-19-23-22-18(25-19)14-7-9-15(20)10-8-14/h7-13,16H,4-6H2,1-3H3,(H,21,24)/t11-,12-,13-,16+/m0/s1. The zero-order chi connectivity index (χ0) is 18.7. The minimum atomic E-state index is -0.332. The molecular weight excluding hydrogens is 353 g/mol. The lowest BCUT2D eigenvalue weighted by Gasteiger charge is -2.35. The third-order valence-electron chi connectivity index (χ3n) is 5.18. The fraction of sp³-hybridized carbons (Fsp3) is 0.526. The summed E-state index contributed by atoms with van der Waals surface area (Å²) >= 11 is 1.23. The van der Waals surface area contributed by atoms with Gasteiger partial charge in [0, 0.05) is 11.6 Å². The molecule has 4 atom stereocenters. The second-order valence-corrected chi connectivity index (χ2v) is 8.31. The second-order valence-electron chi connectivity index (χ2n) is 7.02. The first-order valence-corrected chi connectivity index (χ1v) is 9.88. The van der Waals surface area contributed by atoms with Gasteiger partial charge in [-0.1, -0.05) is 38.5 Å². The molecule has 1 N–H and O–H groups in total. The minimum Gasteiger partial charge on any atom is -0.411 e. The summed E-state index contributed by atoms with van der Waals surface area (Å²) in [4.78, 5) is 12.5. The highest BCUT2D eigenvalue weighted by Gasteiger charge is 2.29. The van der Waals surface area contributed by atoms with Crippen molar-refractivity contribution in [2.45, 2.75) is 56.5 Å². The molecule has 7 heteroatoms. The van der Waals surface area contributed by atoms with Crippen LogP contribution in [-0.4, -0.2) is 27.4 Å². The van der Waals surface area contributed by atoms with Crippen LogP contribution in [0, 0.1) is 17.7 Å². The molecule has 3 rings (SSSR count). The summed E-state index contributed by atoms with van der Waals surface area (Å²) in [5, 5.41) is 11.1. The molecule has 0 saturated heterocycles. The molecule has 0 aliphatic heterocycles. The molecule has 1 fully saturated rings. The van der Waals surface area contributed by atoms with Crippen molar-refractivity contribution in [1.29, 1.82) is 0 Å². The van der Waals surface area contributed by atoms with E-state index in [9.17, 15) is 9.18 Å². The Morgan fingerprint density at radius 2 is 2.00 bits per heavy atom. The number of nitrogens with zero attached hydrogens (tertiary/aromatic N) is 2. The molecule has 1 saturated carbocycles. The molecule has 1 amide bonds. The minimum absolute atomic E-state index is 0.0116. The first-order chi connectivity index (χ1) is 12.4. The molecule has 0 spiro atoms. The lowest BCUT2D eigenvalue weighted by Crippen LogP contribution is -2.46. The number of carbonyl (C=O) groups excluding carboxylic acids is 1. The Morgan fingerprint density at radius 3 is 2.73 bits per heavy atom. The van der Waals surface area contributed by atoms with E-state index in [1.807, 2.05) is 6.92 Å². The van der Waals surface area contributed by atoms with Crippen molar-refractivity contribution in [2.75, 3.05) is 0 Å². The predicted octanol–water partition coefficient (Wildman–Crippen LogP) is 4.30. The Hall–Kier alpha value is -1.89.